The van der Waals surface area contributed by atoms with E-state index in [0.717, 1.165) is 49.1 Å². The van der Waals surface area contributed by atoms with Gasteiger partial charge in [-0.3, -0.25) is 19.5 Å². The number of carbonyl (C=O) groups is 2. The minimum Gasteiger partial charge on any atom is -0.352 e. The van der Waals surface area contributed by atoms with Crippen molar-refractivity contribution in [1.82, 2.24) is 29.7 Å². The van der Waals surface area contributed by atoms with Crippen LogP contribution < -0.4 is 15.5 Å². The van der Waals surface area contributed by atoms with Crippen LogP contribution in [-0.2, 0) is 10.2 Å². The first-order valence-corrected chi connectivity index (χ1v) is 18.3. The van der Waals surface area contributed by atoms with E-state index in [1.807, 2.05) is 49.3 Å². The first-order valence-electron chi connectivity index (χ1n) is 17.9. The van der Waals surface area contributed by atoms with Crippen LogP contribution in [0.3, 0.4) is 0 Å². The number of fused-ring (bicyclic) bond motifs is 3. The van der Waals surface area contributed by atoms with Gasteiger partial charge in [-0.15, -0.1) is 0 Å². The Morgan fingerprint density at radius 1 is 1.10 bits per heavy atom. The van der Waals surface area contributed by atoms with Gasteiger partial charge in [-0.1, -0.05) is 11.6 Å². The van der Waals surface area contributed by atoms with Crippen LogP contribution in [0, 0.1) is 23.5 Å². The molecule has 4 aromatic rings. The number of piperidine rings is 1. The Labute approximate surface area is 301 Å². The second kappa shape index (κ2) is 11.9. The summed E-state index contributed by atoms with van der Waals surface area (Å²) in [6.45, 7) is 14.4. The maximum Gasteiger partial charge on any atom is 0.252 e. The third-order valence-corrected chi connectivity index (χ3v) is 12.0. The highest BCUT2D eigenvalue weighted by atomic mass is 35.5. The minimum atomic E-state index is -1.34. The van der Waals surface area contributed by atoms with Gasteiger partial charge in [0, 0.05) is 42.5 Å². The van der Waals surface area contributed by atoms with E-state index in [2.05, 4.69) is 27.4 Å². The van der Waals surface area contributed by atoms with E-state index in [1.165, 1.54) is 18.9 Å². The van der Waals surface area contributed by atoms with Crippen molar-refractivity contribution in [2.45, 2.75) is 90.3 Å². The van der Waals surface area contributed by atoms with Gasteiger partial charge in [0.15, 0.2) is 17.5 Å². The predicted molar refractivity (Wildman–Crippen MR) is 194 cm³/mol. The Morgan fingerprint density at radius 2 is 1.86 bits per heavy atom. The van der Waals surface area contributed by atoms with Gasteiger partial charge in [-0.2, -0.15) is 0 Å². The quantitative estimate of drug-likeness (QED) is 0.183. The van der Waals surface area contributed by atoms with Crippen LogP contribution in [0.4, 0.5) is 26.0 Å². The molecule has 51 heavy (non-hydrogen) atoms. The number of rotatable bonds is 8. The zero-order chi connectivity index (χ0) is 36.1. The van der Waals surface area contributed by atoms with Crippen molar-refractivity contribution in [2.24, 2.45) is 11.8 Å². The van der Waals surface area contributed by atoms with E-state index in [4.69, 9.17) is 21.6 Å². The number of aromatic nitrogens is 4. The zero-order valence-electron chi connectivity index (χ0n) is 29.8. The summed E-state index contributed by atoms with van der Waals surface area (Å²) >= 11 is 6.07. The van der Waals surface area contributed by atoms with Gasteiger partial charge in [-0.05, 0) is 104 Å². The smallest absolute Gasteiger partial charge is 0.252 e. The van der Waals surface area contributed by atoms with Crippen molar-refractivity contribution >= 4 is 51.6 Å². The molecule has 0 radical (unpaired) electrons. The number of anilines is 3. The molecule has 2 saturated carbocycles. The van der Waals surface area contributed by atoms with Crippen molar-refractivity contribution in [2.75, 3.05) is 29.9 Å². The molecule has 8 rings (SSSR count). The Bertz CT molecular complexity index is 2110. The van der Waals surface area contributed by atoms with Gasteiger partial charge in [0.1, 0.15) is 5.52 Å². The predicted octanol–water partition coefficient (Wildman–Crippen LogP) is 7.39. The first-order chi connectivity index (χ1) is 24.2. The average Bonchev–Trinajstić information content (AvgIpc) is 3.68. The molecule has 13 heteroatoms. The summed E-state index contributed by atoms with van der Waals surface area (Å²) in [5.41, 5.74) is 2.55. The highest BCUT2D eigenvalue weighted by Gasteiger charge is 2.56. The van der Waals surface area contributed by atoms with Crippen LogP contribution in [0.2, 0.25) is 5.02 Å². The number of hydrogen-bond donors (Lipinski definition) is 2. The summed E-state index contributed by atoms with van der Waals surface area (Å²) in [6.07, 6.45) is 7.82. The molecule has 3 aromatic heterocycles. The third kappa shape index (κ3) is 5.39. The van der Waals surface area contributed by atoms with Crippen LogP contribution in [-0.4, -0.2) is 67.4 Å². The van der Waals surface area contributed by atoms with E-state index < -0.39 is 28.0 Å². The van der Waals surface area contributed by atoms with Gasteiger partial charge >= 0.3 is 0 Å². The molecule has 0 spiro atoms. The number of carbonyl (C=O) groups excluding carboxylic acids is 2. The fourth-order valence-electron chi connectivity index (χ4n) is 8.53. The summed E-state index contributed by atoms with van der Waals surface area (Å²) in [7, 11) is 0. The average molecular weight is 717 g/mol. The highest BCUT2D eigenvalue weighted by Crippen LogP contribution is 2.53. The molecule has 2 aliphatic heterocycles. The molecule has 0 bridgehead atoms. The Morgan fingerprint density at radius 3 is 2.57 bits per heavy atom. The summed E-state index contributed by atoms with van der Waals surface area (Å²) in [5, 5.41) is 4.94. The number of nitrogens with zero attached hydrogens (tertiary/aromatic N) is 6. The lowest BCUT2D eigenvalue weighted by molar-refractivity contribution is -0.124. The lowest BCUT2D eigenvalue weighted by Gasteiger charge is -2.55. The SMILES string of the molecule is CCNC(=O)c1cc(Nc2nc(-c3cnc4c(c3)N(C3CC(C)(N5CCC6C[C@@H]6C5)C3)C(=O)C4(C)C)cc3ncn(C(C)C)c23)c(F)c(F)c1Cl. The molecule has 2 atom stereocenters. The van der Waals surface area contributed by atoms with Gasteiger partial charge in [0.05, 0.1) is 50.6 Å². The van der Waals surface area contributed by atoms with E-state index in [-0.39, 0.29) is 47.1 Å². The standard InChI is InChI=1S/C38H43ClF2N8O2/c1-7-42-35(50)24-12-26(30(40)31(41)29(24)39)46-34-32-27(44-18-48(32)19(2)3)13-25(45-34)21-11-28-33(43-16-21)37(4,5)36(51)49(28)23-14-38(6,15-23)47-9-8-20-10-22(20)17-47/h11-13,16,18-20,22-23H,7-10,14-15,17H2,1-6H3,(H,42,50)(H,45,46)/t20?,22-,23?,38?/m1/s1. The molecule has 268 valence electrons. The van der Waals surface area contributed by atoms with Gasteiger partial charge in [0.2, 0.25) is 5.91 Å². The molecule has 3 fully saturated rings. The normalized spacial score (nSPS) is 25.2. The molecule has 1 aromatic carbocycles. The van der Waals surface area contributed by atoms with E-state index in [0.29, 0.717) is 22.3 Å². The van der Waals surface area contributed by atoms with Crippen LogP contribution in [0.1, 0.15) is 89.3 Å². The molecule has 1 unspecified atom stereocenters. The highest BCUT2D eigenvalue weighted by molar-refractivity contribution is 6.34. The molecular weight excluding hydrogens is 674 g/mol. The fourth-order valence-corrected chi connectivity index (χ4v) is 8.76. The molecule has 10 nitrogen and oxygen atoms in total. The lowest BCUT2D eigenvalue weighted by atomic mass is 9.71. The molecule has 2 N–H and O–H groups in total. The number of benzene rings is 1. The maximum atomic E-state index is 15.4. The van der Waals surface area contributed by atoms with Crippen molar-refractivity contribution in [3.8, 4) is 11.3 Å². The Balaban J connectivity index is 1.17. The molecule has 5 heterocycles. The van der Waals surface area contributed by atoms with Crippen LogP contribution in [0.25, 0.3) is 22.3 Å². The number of nitrogens with one attached hydrogen (secondary N) is 2. The Hall–Kier alpha value is -4.16. The molecule has 1 saturated heterocycles. The third-order valence-electron chi connectivity index (χ3n) is 11.6. The minimum absolute atomic E-state index is 0.0341. The molecular formula is C38H43ClF2N8O2. The first kappa shape index (κ1) is 34.0. The number of imidazole rings is 1. The number of pyridine rings is 2. The summed E-state index contributed by atoms with van der Waals surface area (Å²) in [6, 6.07) is 5.01. The van der Waals surface area contributed by atoms with Gasteiger partial charge < -0.3 is 20.1 Å². The molecule has 2 aliphatic carbocycles. The molecule has 4 aliphatic rings. The number of likely N-dealkylation sites (tertiary alicyclic amines) is 1. The van der Waals surface area contributed by atoms with Crippen LogP contribution in [0.15, 0.2) is 30.7 Å². The second-order valence-electron chi connectivity index (χ2n) is 15.8. The van der Waals surface area contributed by atoms with Crippen LogP contribution in [0.5, 0.6) is 0 Å². The van der Waals surface area contributed by atoms with Crippen molar-refractivity contribution < 1.29 is 18.4 Å². The Kier molecular flexibility index (Phi) is 7.95. The summed E-state index contributed by atoms with van der Waals surface area (Å²) in [5.74, 6) is -1.21. The maximum absolute atomic E-state index is 15.4. The topological polar surface area (TPSA) is 108 Å². The van der Waals surface area contributed by atoms with Crippen LogP contribution >= 0.6 is 11.6 Å². The second-order valence-corrected chi connectivity index (χ2v) is 16.2. The summed E-state index contributed by atoms with van der Waals surface area (Å²) < 4.78 is 32.4. The largest absolute Gasteiger partial charge is 0.352 e. The number of hydrogen-bond acceptors (Lipinski definition) is 7. The number of amides is 2. The van der Waals surface area contributed by atoms with Crippen molar-refractivity contribution in [1.29, 1.82) is 0 Å². The zero-order valence-corrected chi connectivity index (χ0v) is 30.5. The lowest BCUT2D eigenvalue weighted by Crippen LogP contribution is -2.64. The molecule has 2 amide bonds. The fraction of sp³-hybridized carbons (Fsp3) is 0.500. The van der Waals surface area contributed by atoms with E-state index in [1.54, 1.807) is 19.4 Å². The number of halogens is 3. The monoisotopic (exact) mass is 716 g/mol. The van der Waals surface area contributed by atoms with E-state index in [9.17, 15) is 9.59 Å². The van der Waals surface area contributed by atoms with E-state index >= 15 is 8.78 Å². The van der Waals surface area contributed by atoms with Gasteiger partial charge in [-0.25, -0.2) is 18.7 Å². The van der Waals surface area contributed by atoms with Crippen molar-refractivity contribution in [3.63, 3.8) is 0 Å². The summed E-state index contributed by atoms with van der Waals surface area (Å²) in [4.78, 5) is 45.8. The van der Waals surface area contributed by atoms with Crippen molar-refractivity contribution in [3.05, 3.63) is 58.6 Å². The van der Waals surface area contributed by atoms with Gasteiger partial charge in [0.25, 0.3) is 5.91 Å².